The smallest absolute Gasteiger partial charge is 0.252 e. The van der Waals surface area contributed by atoms with Crippen molar-refractivity contribution in [2.45, 2.75) is 13.5 Å². The van der Waals surface area contributed by atoms with Gasteiger partial charge in [0.2, 0.25) is 5.95 Å². The molecular formula is C17H15N5O. The van der Waals surface area contributed by atoms with Crippen molar-refractivity contribution < 1.29 is 0 Å². The van der Waals surface area contributed by atoms with Crippen LogP contribution in [0, 0.1) is 0 Å². The molecule has 0 aliphatic rings. The Bertz CT molecular complexity index is 1060. The first-order chi connectivity index (χ1) is 11.2. The lowest BCUT2D eigenvalue weighted by molar-refractivity contribution is 0.749. The fourth-order valence-corrected chi connectivity index (χ4v) is 2.70. The van der Waals surface area contributed by atoms with Crippen molar-refractivity contribution in [2.75, 3.05) is 5.32 Å². The van der Waals surface area contributed by atoms with Crippen LogP contribution in [0.4, 0.5) is 11.6 Å². The second-order valence-corrected chi connectivity index (χ2v) is 5.29. The fourth-order valence-electron chi connectivity index (χ4n) is 2.70. The molecule has 0 fully saturated rings. The lowest BCUT2D eigenvalue weighted by Gasteiger charge is -2.09. The van der Waals surface area contributed by atoms with Crippen LogP contribution < -0.4 is 10.9 Å². The van der Waals surface area contributed by atoms with Crippen LogP contribution in [0.5, 0.6) is 0 Å². The zero-order chi connectivity index (χ0) is 15.8. The molecule has 0 atom stereocenters. The van der Waals surface area contributed by atoms with Crippen LogP contribution in [-0.2, 0) is 6.54 Å². The van der Waals surface area contributed by atoms with Gasteiger partial charge in [0, 0.05) is 47.0 Å². The Morgan fingerprint density at radius 2 is 2.09 bits per heavy atom. The first-order valence-electron chi connectivity index (χ1n) is 7.45. The normalized spacial score (nSPS) is 11.2. The molecule has 0 aliphatic carbocycles. The zero-order valence-corrected chi connectivity index (χ0v) is 12.6. The summed E-state index contributed by atoms with van der Waals surface area (Å²) in [7, 11) is 0. The molecule has 4 aromatic rings. The van der Waals surface area contributed by atoms with Gasteiger partial charge in [-0.3, -0.25) is 9.36 Å². The third-order valence-corrected chi connectivity index (χ3v) is 3.85. The van der Waals surface area contributed by atoms with E-state index in [4.69, 9.17) is 0 Å². The third-order valence-electron chi connectivity index (χ3n) is 3.85. The molecule has 0 saturated carbocycles. The first kappa shape index (κ1) is 13.5. The summed E-state index contributed by atoms with van der Waals surface area (Å²) in [5.74, 6) is 0.472. The van der Waals surface area contributed by atoms with Gasteiger partial charge in [-0.25, -0.2) is 4.98 Å². The molecule has 0 aliphatic heterocycles. The van der Waals surface area contributed by atoms with Crippen molar-refractivity contribution in [3.8, 4) is 0 Å². The van der Waals surface area contributed by atoms with E-state index in [0.29, 0.717) is 18.1 Å². The zero-order valence-electron chi connectivity index (χ0n) is 12.6. The van der Waals surface area contributed by atoms with Gasteiger partial charge >= 0.3 is 0 Å². The standard InChI is InChI=1S/C17H15N5O/c1-2-22-15(23)6-3-12-10-19-17(21-16(12)22)20-13-4-5-14-11(9-13)7-8-18-14/h3-10,18H,2H2,1H3,(H,19,20,21). The Morgan fingerprint density at radius 1 is 1.17 bits per heavy atom. The summed E-state index contributed by atoms with van der Waals surface area (Å²) >= 11 is 0. The highest BCUT2D eigenvalue weighted by molar-refractivity contribution is 5.84. The van der Waals surface area contributed by atoms with Gasteiger partial charge in [0.25, 0.3) is 5.56 Å². The summed E-state index contributed by atoms with van der Waals surface area (Å²) < 4.78 is 1.64. The predicted molar refractivity (Wildman–Crippen MR) is 91.1 cm³/mol. The third kappa shape index (κ3) is 2.34. The van der Waals surface area contributed by atoms with Gasteiger partial charge in [-0.05, 0) is 37.3 Å². The van der Waals surface area contributed by atoms with E-state index in [1.54, 1.807) is 22.9 Å². The number of hydrogen-bond donors (Lipinski definition) is 2. The Hall–Kier alpha value is -3.15. The van der Waals surface area contributed by atoms with E-state index >= 15 is 0 Å². The molecule has 0 amide bonds. The topological polar surface area (TPSA) is 75.6 Å². The van der Waals surface area contributed by atoms with Gasteiger partial charge in [-0.2, -0.15) is 4.98 Å². The van der Waals surface area contributed by atoms with Crippen molar-refractivity contribution in [1.29, 1.82) is 0 Å². The maximum atomic E-state index is 11.9. The van der Waals surface area contributed by atoms with Crippen LogP contribution in [0.15, 0.2) is 53.6 Å². The van der Waals surface area contributed by atoms with Gasteiger partial charge in [0.1, 0.15) is 5.65 Å². The molecule has 0 unspecified atom stereocenters. The van der Waals surface area contributed by atoms with E-state index in [2.05, 4.69) is 20.3 Å². The quantitative estimate of drug-likeness (QED) is 0.610. The van der Waals surface area contributed by atoms with Crippen LogP contribution >= 0.6 is 0 Å². The monoisotopic (exact) mass is 305 g/mol. The van der Waals surface area contributed by atoms with Crippen molar-refractivity contribution in [2.24, 2.45) is 0 Å². The molecule has 0 saturated heterocycles. The minimum atomic E-state index is -0.0570. The number of anilines is 2. The lowest BCUT2D eigenvalue weighted by Crippen LogP contribution is -2.19. The number of H-pyrrole nitrogens is 1. The predicted octanol–water partition coefficient (Wildman–Crippen LogP) is 3.04. The number of pyridine rings is 1. The molecule has 3 heterocycles. The molecule has 1 aromatic carbocycles. The van der Waals surface area contributed by atoms with Gasteiger partial charge in [-0.1, -0.05) is 0 Å². The second kappa shape index (κ2) is 5.24. The maximum absolute atomic E-state index is 11.9. The summed E-state index contributed by atoms with van der Waals surface area (Å²) in [5.41, 5.74) is 2.56. The Kier molecular flexibility index (Phi) is 3.08. The van der Waals surface area contributed by atoms with E-state index < -0.39 is 0 Å². The molecule has 2 N–H and O–H groups in total. The fraction of sp³-hybridized carbons (Fsp3) is 0.118. The van der Waals surface area contributed by atoms with E-state index in [-0.39, 0.29) is 5.56 Å². The molecule has 114 valence electrons. The van der Waals surface area contributed by atoms with E-state index in [1.165, 1.54) is 0 Å². The van der Waals surface area contributed by atoms with Crippen LogP contribution in [0.1, 0.15) is 6.92 Å². The van der Waals surface area contributed by atoms with E-state index in [1.807, 2.05) is 37.4 Å². The number of nitrogens with one attached hydrogen (secondary N) is 2. The molecule has 6 heteroatoms. The molecule has 3 aromatic heterocycles. The van der Waals surface area contributed by atoms with Gasteiger partial charge in [0.05, 0.1) is 0 Å². The van der Waals surface area contributed by atoms with Crippen molar-refractivity contribution in [3.05, 3.63) is 59.1 Å². The molecular weight excluding hydrogens is 290 g/mol. The number of rotatable bonds is 3. The van der Waals surface area contributed by atoms with Crippen LogP contribution in [0.2, 0.25) is 0 Å². The minimum Gasteiger partial charge on any atom is -0.361 e. The van der Waals surface area contributed by atoms with Gasteiger partial charge in [-0.15, -0.1) is 0 Å². The minimum absolute atomic E-state index is 0.0570. The SMILES string of the molecule is CCn1c(=O)ccc2cnc(Nc3ccc4[nH]ccc4c3)nc21. The summed E-state index contributed by atoms with van der Waals surface area (Å²) in [6, 6.07) is 11.3. The number of hydrogen-bond acceptors (Lipinski definition) is 4. The Morgan fingerprint density at radius 3 is 2.96 bits per heavy atom. The van der Waals surface area contributed by atoms with Crippen molar-refractivity contribution in [3.63, 3.8) is 0 Å². The summed E-state index contributed by atoms with van der Waals surface area (Å²) in [4.78, 5) is 23.9. The molecule has 4 rings (SSSR count). The molecule has 0 radical (unpaired) electrons. The highest BCUT2D eigenvalue weighted by Crippen LogP contribution is 2.20. The van der Waals surface area contributed by atoms with Crippen molar-refractivity contribution >= 4 is 33.6 Å². The summed E-state index contributed by atoms with van der Waals surface area (Å²) in [6.45, 7) is 2.50. The number of aryl methyl sites for hydroxylation is 1. The number of nitrogens with zero attached hydrogens (tertiary/aromatic N) is 3. The first-order valence-corrected chi connectivity index (χ1v) is 7.45. The largest absolute Gasteiger partial charge is 0.361 e. The molecule has 6 nitrogen and oxygen atoms in total. The molecule has 23 heavy (non-hydrogen) atoms. The average Bonchev–Trinajstić information content (AvgIpc) is 3.02. The summed E-state index contributed by atoms with van der Waals surface area (Å²) in [5, 5.41) is 5.15. The molecule has 0 bridgehead atoms. The van der Waals surface area contributed by atoms with E-state index in [9.17, 15) is 4.79 Å². The number of aromatic nitrogens is 4. The van der Waals surface area contributed by atoms with E-state index in [0.717, 1.165) is 22.0 Å². The number of fused-ring (bicyclic) bond motifs is 2. The van der Waals surface area contributed by atoms with Crippen LogP contribution in [0.3, 0.4) is 0 Å². The van der Waals surface area contributed by atoms with Crippen molar-refractivity contribution in [1.82, 2.24) is 19.5 Å². The highest BCUT2D eigenvalue weighted by atomic mass is 16.1. The molecule has 0 spiro atoms. The second-order valence-electron chi connectivity index (χ2n) is 5.29. The Balaban J connectivity index is 1.77. The number of benzene rings is 1. The lowest BCUT2D eigenvalue weighted by atomic mass is 10.2. The Labute approximate surface area is 131 Å². The van der Waals surface area contributed by atoms with Gasteiger partial charge < -0.3 is 10.3 Å². The summed E-state index contributed by atoms with van der Waals surface area (Å²) in [6.07, 6.45) is 3.63. The number of aromatic amines is 1. The highest BCUT2D eigenvalue weighted by Gasteiger charge is 2.06. The van der Waals surface area contributed by atoms with Crippen LogP contribution in [0.25, 0.3) is 21.9 Å². The van der Waals surface area contributed by atoms with Crippen LogP contribution in [-0.4, -0.2) is 19.5 Å². The maximum Gasteiger partial charge on any atom is 0.252 e. The van der Waals surface area contributed by atoms with Gasteiger partial charge in [0.15, 0.2) is 0 Å². The average molecular weight is 305 g/mol.